The van der Waals surface area contributed by atoms with Crippen molar-refractivity contribution in [2.24, 2.45) is 0 Å². The van der Waals surface area contributed by atoms with E-state index in [0.717, 1.165) is 62.8 Å². The van der Waals surface area contributed by atoms with E-state index >= 15 is 0 Å². The summed E-state index contributed by atoms with van der Waals surface area (Å²) in [5, 5.41) is 22.7. The molecular formula is C29H41N3O3. The zero-order valence-electron chi connectivity index (χ0n) is 21.5. The van der Waals surface area contributed by atoms with E-state index in [9.17, 15) is 10.2 Å². The molecule has 1 unspecified atom stereocenters. The van der Waals surface area contributed by atoms with Crippen LogP contribution in [0.1, 0.15) is 56.1 Å². The van der Waals surface area contributed by atoms with Crippen LogP contribution in [0.15, 0.2) is 54.6 Å². The molecule has 0 radical (unpaired) electrons. The van der Waals surface area contributed by atoms with Gasteiger partial charge in [0, 0.05) is 30.7 Å². The molecule has 3 fully saturated rings. The Morgan fingerprint density at radius 3 is 2.29 bits per heavy atom. The molecule has 1 aliphatic heterocycles. The van der Waals surface area contributed by atoms with E-state index in [-0.39, 0.29) is 11.1 Å². The number of β-amino-alcohol motifs (C(OH)–C–C–N with tert-alkyl or cyclic N) is 1. The van der Waals surface area contributed by atoms with Crippen LogP contribution in [0.3, 0.4) is 0 Å². The molecule has 2 aromatic carbocycles. The van der Waals surface area contributed by atoms with Crippen molar-refractivity contribution in [3.8, 4) is 5.75 Å². The van der Waals surface area contributed by atoms with Crippen molar-refractivity contribution < 1.29 is 14.9 Å². The summed E-state index contributed by atoms with van der Waals surface area (Å²) in [6.07, 6.45) is 6.05. The maximum Gasteiger partial charge on any atom is 0.166 e. The number of benzene rings is 2. The molecule has 2 aliphatic carbocycles. The van der Waals surface area contributed by atoms with Gasteiger partial charge in [0.05, 0.1) is 12.7 Å². The largest absolute Gasteiger partial charge is 0.497 e. The van der Waals surface area contributed by atoms with Crippen LogP contribution in [0.4, 0.5) is 0 Å². The standard InChI is InChI=1S/C29H41N3O3/c1-30(2)29(24-10-5-4-6-11-24)17-15-27(16-18-29)21-31(20-23-9-7-12-25(19-23)35-3)26(33)32(27)22-28(34)13-8-14-28/h4-7,9-12,19,26,33-34H,8,13-18,20-22H2,1-3H3/t26?,27-,29+. The highest BCUT2D eigenvalue weighted by Gasteiger charge is 2.56. The van der Waals surface area contributed by atoms with Crippen LogP contribution in [0.5, 0.6) is 5.75 Å². The highest BCUT2D eigenvalue weighted by Crippen LogP contribution is 2.50. The van der Waals surface area contributed by atoms with Crippen molar-refractivity contribution in [3.63, 3.8) is 0 Å². The van der Waals surface area contributed by atoms with Gasteiger partial charge in [-0.1, -0.05) is 42.5 Å². The molecule has 3 aliphatic rings. The number of ether oxygens (including phenoxy) is 1. The van der Waals surface area contributed by atoms with E-state index in [2.05, 4.69) is 71.3 Å². The number of hydrogen-bond acceptors (Lipinski definition) is 6. The Bertz CT molecular complexity index is 999. The third-order valence-corrected chi connectivity index (χ3v) is 9.16. The zero-order chi connectivity index (χ0) is 24.7. The minimum absolute atomic E-state index is 0.00325. The number of nitrogens with zero attached hydrogens (tertiary/aromatic N) is 3. The van der Waals surface area contributed by atoms with Crippen LogP contribution in [0.25, 0.3) is 0 Å². The maximum atomic E-state index is 11.6. The Labute approximate surface area is 210 Å². The molecule has 1 saturated heterocycles. The highest BCUT2D eigenvalue weighted by molar-refractivity contribution is 5.29. The Balaban J connectivity index is 1.41. The fourth-order valence-corrected chi connectivity index (χ4v) is 6.76. The molecule has 190 valence electrons. The maximum absolute atomic E-state index is 11.6. The number of aliphatic hydroxyl groups is 2. The number of aliphatic hydroxyl groups excluding tert-OH is 1. The number of methoxy groups -OCH3 is 1. The van der Waals surface area contributed by atoms with Crippen LogP contribution < -0.4 is 4.74 Å². The van der Waals surface area contributed by atoms with Gasteiger partial charge in [-0.05, 0) is 82.3 Å². The zero-order valence-corrected chi connectivity index (χ0v) is 21.5. The lowest BCUT2D eigenvalue weighted by Crippen LogP contribution is -2.60. The molecule has 35 heavy (non-hydrogen) atoms. The Kier molecular flexibility index (Phi) is 6.70. The molecule has 2 N–H and O–H groups in total. The van der Waals surface area contributed by atoms with E-state index in [4.69, 9.17) is 4.74 Å². The van der Waals surface area contributed by atoms with E-state index in [1.165, 1.54) is 5.56 Å². The lowest BCUT2D eigenvalue weighted by Gasteiger charge is -2.53. The summed E-state index contributed by atoms with van der Waals surface area (Å²) in [6.45, 7) is 2.01. The summed E-state index contributed by atoms with van der Waals surface area (Å²) in [6, 6.07) is 19.0. The molecule has 2 saturated carbocycles. The van der Waals surface area contributed by atoms with Crippen LogP contribution >= 0.6 is 0 Å². The van der Waals surface area contributed by atoms with Crippen LogP contribution in [0.2, 0.25) is 0 Å². The van der Waals surface area contributed by atoms with Crippen molar-refractivity contribution >= 4 is 0 Å². The second-order valence-corrected chi connectivity index (χ2v) is 11.3. The SMILES string of the molecule is COc1cccc(CN2C[C@]3(CC[C@](c4ccccc4)(N(C)C)CC3)N(CC3(O)CCC3)C2O)c1. The summed E-state index contributed by atoms with van der Waals surface area (Å²) < 4.78 is 5.42. The van der Waals surface area contributed by atoms with Gasteiger partial charge in [0.2, 0.25) is 0 Å². The van der Waals surface area contributed by atoms with Gasteiger partial charge in [-0.15, -0.1) is 0 Å². The van der Waals surface area contributed by atoms with Crippen LogP contribution in [-0.2, 0) is 12.1 Å². The third kappa shape index (κ3) is 4.51. The van der Waals surface area contributed by atoms with Crippen molar-refractivity contribution in [1.29, 1.82) is 0 Å². The summed E-state index contributed by atoms with van der Waals surface area (Å²) >= 11 is 0. The lowest BCUT2D eigenvalue weighted by atomic mass is 9.67. The number of hydrogen-bond donors (Lipinski definition) is 2. The van der Waals surface area contributed by atoms with E-state index < -0.39 is 12.0 Å². The van der Waals surface area contributed by atoms with E-state index in [1.54, 1.807) is 7.11 Å². The van der Waals surface area contributed by atoms with Crippen molar-refractivity contribution in [2.45, 2.75) is 74.5 Å². The molecule has 1 heterocycles. The smallest absolute Gasteiger partial charge is 0.166 e. The molecule has 0 amide bonds. The molecule has 2 aromatic rings. The average molecular weight is 480 g/mol. The number of rotatable bonds is 7. The fourth-order valence-electron chi connectivity index (χ4n) is 6.76. The first-order chi connectivity index (χ1) is 16.8. The topological polar surface area (TPSA) is 59.4 Å². The third-order valence-electron chi connectivity index (χ3n) is 9.16. The fraction of sp³-hybridized carbons (Fsp3) is 0.586. The quantitative estimate of drug-likeness (QED) is 0.631. The second-order valence-electron chi connectivity index (χ2n) is 11.3. The molecule has 1 spiro atoms. The predicted molar refractivity (Wildman–Crippen MR) is 138 cm³/mol. The van der Waals surface area contributed by atoms with Gasteiger partial charge in [0.1, 0.15) is 5.75 Å². The van der Waals surface area contributed by atoms with Crippen molar-refractivity contribution in [2.75, 3.05) is 34.3 Å². The summed E-state index contributed by atoms with van der Waals surface area (Å²) in [4.78, 5) is 6.82. The monoisotopic (exact) mass is 479 g/mol. The molecule has 0 aromatic heterocycles. The first-order valence-corrected chi connectivity index (χ1v) is 13.1. The van der Waals surface area contributed by atoms with Crippen LogP contribution in [0, 0.1) is 0 Å². The highest BCUT2D eigenvalue weighted by atomic mass is 16.5. The minimum atomic E-state index is -0.700. The molecule has 1 atom stereocenters. The molecule has 6 nitrogen and oxygen atoms in total. The van der Waals surface area contributed by atoms with E-state index in [1.807, 2.05) is 12.1 Å². The molecule has 6 heteroatoms. The second kappa shape index (κ2) is 9.49. The average Bonchev–Trinajstić information content (AvgIpc) is 3.09. The van der Waals surface area contributed by atoms with Gasteiger partial charge in [0.25, 0.3) is 0 Å². The Hall–Kier alpha value is -1.96. The van der Waals surface area contributed by atoms with Gasteiger partial charge < -0.3 is 14.9 Å². The van der Waals surface area contributed by atoms with Gasteiger partial charge >= 0.3 is 0 Å². The Morgan fingerprint density at radius 1 is 0.971 bits per heavy atom. The normalized spacial score (nSPS) is 31.1. The summed E-state index contributed by atoms with van der Waals surface area (Å²) in [5.74, 6) is 0.836. The first kappa shape index (κ1) is 24.7. The lowest BCUT2D eigenvalue weighted by molar-refractivity contribution is -0.145. The van der Waals surface area contributed by atoms with Crippen LogP contribution in [-0.4, -0.2) is 76.7 Å². The summed E-state index contributed by atoms with van der Waals surface area (Å²) in [7, 11) is 6.07. The van der Waals surface area contributed by atoms with Gasteiger partial charge in [-0.2, -0.15) is 0 Å². The first-order valence-electron chi connectivity index (χ1n) is 13.1. The van der Waals surface area contributed by atoms with Gasteiger partial charge in [0.15, 0.2) is 6.35 Å². The molecule has 5 rings (SSSR count). The minimum Gasteiger partial charge on any atom is -0.497 e. The predicted octanol–water partition coefficient (Wildman–Crippen LogP) is 3.77. The molecule has 0 bridgehead atoms. The van der Waals surface area contributed by atoms with Gasteiger partial charge in [-0.25, -0.2) is 0 Å². The van der Waals surface area contributed by atoms with E-state index in [0.29, 0.717) is 13.1 Å². The molecular weight excluding hydrogens is 438 g/mol. The summed E-state index contributed by atoms with van der Waals surface area (Å²) in [5.41, 5.74) is 1.69. The van der Waals surface area contributed by atoms with Crippen molar-refractivity contribution in [3.05, 3.63) is 65.7 Å². The van der Waals surface area contributed by atoms with Gasteiger partial charge in [-0.3, -0.25) is 14.7 Å². The van der Waals surface area contributed by atoms with Crippen molar-refractivity contribution in [1.82, 2.24) is 14.7 Å². The Morgan fingerprint density at radius 2 is 1.69 bits per heavy atom.